The minimum Gasteiger partial charge on any atom is -0.328 e. The van der Waals surface area contributed by atoms with Gasteiger partial charge in [-0.05, 0) is 6.54 Å². The van der Waals surface area contributed by atoms with Gasteiger partial charge in [0.2, 0.25) is 0 Å². The Morgan fingerprint density at radius 2 is 1.53 bits per heavy atom. The third kappa shape index (κ3) is 19.8. The van der Waals surface area contributed by atoms with Crippen LogP contribution < -0.4 is 5.32 Å². The average Bonchev–Trinajstić information content (AvgIpc) is 2.11. The molecule has 0 saturated heterocycles. The van der Waals surface area contributed by atoms with Crippen LogP contribution in [0, 0.1) is 30.3 Å². The number of hydrogen-bond donors (Lipinski definition) is 2. The maximum absolute atomic E-state index is 9.81. The van der Waals surface area contributed by atoms with Gasteiger partial charge in [0.1, 0.15) is 0 Å². The normalized spacial score (nSPS) is 8.82. The third-order valence-corrected chi connectivity index (χ3v) is 0.968. The van der Waals surface area contributed by atoms with Crippen LogP contribution in [0.2, 0.25) is 0 Å². The van der Waals surface area contributed by atoms with Crippen molar-refractivity contribution in [2.75, 3.05) is 13.1 Å². The lowest BCUT2D eigenvalue weighted by molar-refractivity contribution is -0.850. The average molecular weight is 258 g/mol. The van der Waals surface area contributed by atoms with Gasteiger partial charge in [-0.1, -0.05) is 6.92 Å². The molecule has 0 fully saturated rings. The molecule has 0 aromatic rings. The summed E-state index contributed by atoms with van der Waals surface area (Å²) in [7, 11) is 0. The highest BCUT2D eigenvalue weighted by molar-refractivity contribution is 4.44. The summed E-state index contributed by atoms with van der Waals surface area (Å²) in [6, 6.07) is 0. The Hall–Kier alpha value is -2.44. The fraction of sp³-hybridized carbons (Fsp3) is 1.00. The molecule has 0 aromatic heterocycles. The number of hydrogen-bond acceptors (Lipinski definition) is 9. The van der Waals surface area contributed by atoms with Gasteiger partial charge in [-0.3, -0.25) is 9.68 Å². The van der Waals surface area contributed by atoms with Crippen LogP contribution in [-0.2, 0) is 9.68 Å². The van der Waals surface area contributed by atoms with Crippen LogP contribution in [-0.4, -0.2) is 39.8 Å². The first-order valence-electron chi connectivity index (χ1n) is 3.95. The zero-order valence-electron chi connectivity index (χ0n) is 8.55. The van der Waals surface area contributed by atoms with Crippen molar-refractivity contribution in [1.29, 1.82) is 0 Å². The molecule has 0 amide bonds. The molecule has 17 heavy (non-hydrogen) atoms. The number of rotatable bonds is 7. The number of likely N-dealkylation sites (N-methyl/N-ethyl adjacent to an activating group) is 1. The first-order chi connectivity index (χ1) is 7.79. The Kier molecular flexibility index (Phi) is 10.1. The van der Waals surface area contributed by atoms with Crippen LogP contribution in [0.4, 0.5) is 0 Å². The molecule has 0 unspecified atom stereocenters. The predicted octanol–water partition coefficient (Wildman–Crippen LogP) is -1.01. The number of nitrogens with zero attached hydrogens (tertiary/aromatic N) is 3. The van der Waals surface area contributed by atoms with Crippen molar-refractivity contribution in [2.24, 2.45) is 0 Å². The SMILES string of the molecule is CCNCC(O[N+](=O)[O-])O[N+](=O)[O-].O=[N+]([O-])O. The highest BCUT2D eigenvalue weighted by atomic mass is 17.0. The monoisotopic (exact) mass is 258 g/mol. The van der Waals surface area contributed by atoms with Gasteiger partial charge in [-0.15, -0.1) is 30.3 Å². The summed E-state index contributed by atoms with van der Waals surface area (Å²) in [5.41, 5.74) is 0. The van der Waals surface area contributed by atoms with E-state index < -0.39 is 21.5 Å². The molecule has 0 atom stereocenters. The van der Waals surface area contributed by atoms with Gasteiger partial charge in [0.15, 0.2) is 0 Å². The Morgan fingerprint density at radius 1 is 1.18 bits per heavy atom. The van der Waals surface area contributed by atoms with Crippen LogP contribution in [0.3, 0.4) is 0 Å². The van der Waals surface area contributed by atoms with Crippen molar-refractivity contribution in [2.45, 2.75) is 13.2 Å². The smallest absolute Gasteiger partial charge is 0.296 e. The lowest BCUT2D eigenvalue weighted by Crippen LogP contribution is -2.34. The molecular weight excluding hydrogens is 248 g/mol. The van der Waals surface area contributed by atoms with Crippen LogP contribution in [0.15, 0.2) is 0 Å². The maximum Gasteiger partial charge on any atom is 0.296 e. The molecular formula is C4H10N4O9. The second kappa shape index (κ2) is 10.1. The van der Waals surface area contributed by atoms with Crippen molar-refractivity contribution >= 4 is 0 Å². The molecule has 13 heteroatoms. The molecule has 13 nitrogen and oxygen atoms in total. The van der Waals surface area contributed by atoms with Crippen molar-refractivity contribution in [3.05, 3.63) is 30.3 Å². The first kappa shape index (κ1) is 17.0. The van der Waals surface area contributed by atoms with E-state index in [1.54, 1.807) is 6.92 Å². The minimum atomic E-state index is -1.52. The lowest BCUT2D eigenvalue weighted by atomic mass is 10.6. The molecule has 0 heterocycles. The Morgan fingerprint density at radius 3 is 1.76 bits per heavy atom. The van der Waals surface area contributed by atoms with E-state index in [-0.39, 0.29) is 6.54 Å². The second-order valence-corrected chi connectivity index (χ2v) is 2.13. The summed E-state index contributed by atoms with van der Waals surface area (Å²) >= 11 is 0. The van der Waals surface area contributed by atoms with Gasteiger partial charge < -0.3 is 10.5 Å². The Balaban J connectivity index is 0. The van der Waals surface area contributed by atoms with E-state index in [0.29, 0.717) is 6.54 Å². The van der Waals surface area contributed by atoms with Gasteiger partial charge in [0, 0.05) is 6.54 Å². The molecule has 0 aliphatic heterocycles. The van der Waals surface area contributed by atoms with Crippen molar-refractivity contribution < 1.29 is 30.1 Å². The maximum atomic E-state index is 9.81. The molecule has 0 aliphatic carbocycles. The zero-order chi connectivity index (χ0) is 13.8. The molecule has 0 aromatic carbocycles. The predicted molar refractivity (Wildman–Crippen MR) is 47.3 cm³/mol. The number of nitrogens with one attached hydrogen (secondary N) is 1. The molecule has 0 rings (SSSR count). The first-order valence-corrected chi connectivity index (χ1v) is 3.95. The van der Waals surface area contributed by atoms with Gasteiger partial charge in [0.25, 0.3) is 21.5 Å². The van der Waals surface area contributed by atoms with E-state index in [1.807, 2.05) is 0 Å². The van der Waals surface area contributed by atoms with E-state index in [2.05, 4.69) is 15.0 Å². The molecule has 0 radical (unpaired) electrons. The zero-order valence-corrected chi connectivity index (χ0v) is 8.55. The summed E-state index contributed by atoms with van der Waals surface area (Å²) in [5, 5.41) is 33.6. The quantitative estimate of drug-likeness (QED) is 0.326. The van der Waals surface area contributed by atoms with Gasteiger partial charge >= 0.3 is 0 Å². The molecule has 100 valence electrons. The van der Waals surface area contributed by atoms with E-state index in [9.17, 15) is 20.2 Å². The summed E-state index contributed by atoms with van der Waals surface area (Å²) in [6.45, 7) is 2.10. The summed E-state index contributed by atoms with van der Waals surface area (Å²) in [5.74, 6) is 0. The highest BCUT2D eigenvalue weighted by Gasteiger charge is 2.16. The Labute approximate surface area is 93.2 Å². The topological polar surface area (TPSA) is 180 Å². The fourth-order valence-corrected chi connectivity index (χ4v) is 0.548. The van der Waals surface area contributed by atoms with Gasteiger partial charge in [0.05, 0.1) is 0 Å². The highest BCUT2D eigenvalue weighted by Crippen LogP contribution is 1.93. The van der Waals surface area contributed by atoms with E-state index in [0.717, 1.165) is 0 Å². The summed E-state index contributed by atoms with van der Waals surface area (Å²) in [6.07, 6.45) is -1.52. The van der Waals surface area contributed by atoms with E-state index in [4.69, 9.17) is 15.3 Å². The summed E-state index contributed by atoms with van der Waals surface area (Å²) in [4.78, 5) is 35.7. The van der Waals surface area contributed by atoms with Crippen LogP contribution in [0.5, 0.6) is 0 Å². The molecule has 0 bridgehead atoms. The van der Waals surface area contributed by atoms with E-state index >= 15 is 0 Å². The van der Waals surface area contributed by atoms with E-state index in [1.165, 1.54) is 0 Å². The second-order valence-electron chi connectivity index (χ2n) is 2.13. The molecule has 0 aliphatic rings. The Bertz CT molecular complexity index is 237. The van der Waals surface area contributed by atoms with Gasteiger partial charge in [-0.25, -0.2) is 0 Å². The minimum absolute atomic E-state index is 0.127. The van der Waals surface area contributed by atoms with Crippen LogP contribution in [0.1, 0.15) is 6.92 Å². The molecule has 2 N–H and O–H groups in total. The summed E-state index contributed by atoms with van der Waals surface area (Å²) < 4.78 is 0. The molecule has 0 spiro atoms. The largest absolute Gasteiger partial charge is 0.328 e. The fourth-order valence-electron chi connectivity index (χ4n) is 0.548. The third-order valence-electron chi connectivity index (χ3n) is 0.968. The van der Waals surface area contributed by atoms with Crippen molar-refractivity contribution in [3.8, 4) is 0 Å². The van der Waals surface area contributed by atoms with Crippen molar-refractivity contribution in [3.63, 3.8) is 0 Å². The molecule has 0 saturated carbocycles. The standard InChI is InChI=1S/C4H9N3O6.HNO3/c1-2-5-3-4(12-6(8)9)13-7(10)11;2-1(3)4/h4-5H,2-3H2,1H3;(H,2,3,4). The van der Waals surface area contributed by atoms with Crippen LogP contribution >= 0.6 is 0 Å². The van der Waals surface area contributed by atoms with Crippen LogP contribution in [0.25, 0.3) is 0 Å². The van der Waals surface area contributed by atoms with Gasteiger partial charge in [-0.2, -0.15) is 0 Å². The lowest BCUT2D eigenvalue weighted by Gasteiger charge is -2.11. The van der Waals surface area contributed by atoms with Crippen molar-refractivity contribution in [1.82, 2.24) is 5.32 Å².